The third-order valence-electron chi connectivity index (χ3n) is 1.72. The summed E-state index contributed by atoms with van der Waals surface area (Å²) in [7, 11) is 0. The molecule has 2 amide bonds. The Labute approximate surface area is 96.4 Å². The van der Waals surface area contributed by atoms with Crippen LogP contribution in [0.1, 0.15) is 5.56 Å². The Morgan fingerprint density at radius 2 is 2.29 bits per heavy atom. The topological polar surface area (TPSA) is 46.3 Å². The van der Waals surface area contributed by atoms with Gasteiger partial charge < -0.3 is 10.6 Å². The number of nitrogens with zero attached hydrogens (tertiary/aromatic N) is 1. The van der Waals surface area contributed by atoms with E-state index in [1.165, 1.54) is 16.2 Å². The van der Waals surface area contributed by atoms with Gasteiger partial charge in [-0.15, -0.1) is 11.6 Å². The molecule has 1 rings (SSSR count). The van der Waals surface area contributed by atoms with Gasteiger partial charge in [-0.1, -0.05) is 11.6 Å². The van der Waals surface area contributed by atoms with Crippen molar-refractivity contribution in [2.24, 2.45) is 5.73 Å². The Hall–Kier alpha value is -0.450. The third kappa shape index (κ3) is 3.04. The highest BCUT2D eigenvalue weighted by Crippen LogP contribution is 2.21. The summed E-state index contributed by atoms with van der Waals surface area (Å²) in [6.45, 7) is 0.855. The van der Waals surface area contributed by atoms with E-state index in [2.05, 4.69) is 0 Å². The quantitative estimate of drug-likeness (QED) is 0.823. The van der Waals surface area contributed by atoms with Crippen LogP contribution in [0, 0.1) is 0 Å². The fourth-order valence-electron chi connectivity index (χ4n) is 0.995. The molecule has 0 aliphatic rings. The fourth-order valence-corrected chi connectivity index (χ4v) is 2.24. The van der Waals surface area contributed by atoms with Crippen molar-refractivity contribution in [2.45, 2.75) is 6.54 Å². The first-order chi connectivity index (χ1) is 6.65. The number of carbonyl (C=O) groups excluding carboxylic acids is 1. The minimum absolute atomic E-state index is 0.366. The van der Waals surface area contributed by atoms with Crippen LogP contribution in [0.4, 0.5) is 4.79 Å². The maximum absolute atomic E-state index is 11.0. The van der Waals surface area contributed by atoms with E-state index in [-0.39, 0.29) is 0 Å². The maximum atomic E-state index is 11.0. The lowest BCUT2D eigenvalue weighted by atomic mass is 10.3. The number of carbonyl (C=O) groups is 1. The Morgan fingerprint density at radius 1 is 1.57 bits per heavy atom. The smallest absolute Gasteiger partial charge is 0.315 e. The SMILES string of the molecule is NC(=O)N(CCCl)Cc1cscc1Cl. The molecule has 6 heteroatoms. The van der Waals surface area contributed by atoms with Gasteiger partial charge in [0.15, 0.2) is 0 Å². The highest BCUT2D eigenvalue weighted by Gasteiger charge is 2.11. The molecule has 1 aromatic heterocycles. The van der Waals surface area contributed by atoms with Crippen molar-refractivity contribution in [3.63, 3.8) is 0 Å². The van der Waals surface area contributed by atoms with E-state index >= 15 is 0 Å². The van der Waals surface area contributed by atoms with Crippen molar-refractivity contribution in [1.82, 2.24) is 4.90 Å². The first-order valence-corrected chi connectivity index (χ1v) is 5.81. The van der Waals surface area contributed by atoms with Gasteiger partial charge in [0.05, 0.1) is 5.02 Å². The number of thiophene rings is 1. The van der Waals surface area contributed by atoms with Crippen LogP contribution in [0.15, 0.2) is 10.8 Å². The molecule has 0 aliphatic heterocycles. The average molecular weight is 253 g/mol. The maximum Gasteiger partial charge on any atom is 0.315 e. The van der Waals surface area contributed by atoms with E-state index < -0.39 is 6.03 Å². The van der Waals surface area contributed by atoms with Crippen molar-refractivity contribution in [2.75, 3.05) is 12.4 Å². The van der Waals surface area contributed by atoms with E-state index in [0.717, 1.165) is 5.56 Å². The minimum atomic E-state index is -0.479. The highest BCUT2D eigenvalue weighted by atomic mass is 35.5. The van der Waals surface area contributed by atoms with Gasteiger partial charge >= 0.3 is 6.03 Å². The summed E-state index contributed by atoms with van der Waals surface area (Å²) in [6.07, 6.45) is 0. The lowest BCUT2D eigenvalue weighted by Crippen LogP contribution is -2.36. The van der Waals surface area contributed by atoms with Crippen LogP contribution in [0.2, 0.25) is 5.02 Å². The Morgan fingerprint density at radius 3 is 2.71 bits per heavy atom. The molecule has 0 atom stereocenters. The van der Waals surface area contributed by atoms with Crippen molar-refractivity contribution >= 4 is 40.6 Å². The van der Waals surface area contributed by atoms with E-state index in [1.807, 2.05) is 10.8 Å². The highest BCUT2D eigenvalue weighted by molar-refractivity contribution is 7.08. The zero-order valence-corrected chi connectivity index (χ0v) is 9.70. The fraction of sp³-hybridized carbons (Fsp3) is 0.375. The monoisotopic (exact) mass is 252 g/mol. The minimum Gasteiger partial charge on any atom is -0.351 e. The van der Waals surface area contributed by atoms with Crippen LogP contribution in [-0.4, -0.2) is 23.4 Å². The Kier molecular flexibility index (Phi) is 4.51. The van der Waals surface area contributed by atoms with Crippen LogP contribution in [0.3, 0.4) is 0 Å². The number of primary amides is 1. The second-order valence-electron chi connectivity index (χ2n) is 2.69. The zero-order valence-electron chi connectivity index (χ0n) is 7.37. The molecule has 0 unspecified atom stereocenters. The predicted molar refractivity (Wildman–Crippen MR) is 60.0 cm³/mol. The van der Waals surface area contributed by atoms with Crippen LogP contribution < -0.4 is 5.73 Å². The zero-order chi connectivity index (χ0) is 10.6. The number of alkyl halides is 1. The van der Waals surface area contributed by atoms with Crippen molar-refractivity contribution < 1.29 is 4.79 Å². The molecular weight excluding hydrogens is 243 g/mol. The molecule has 1 aromatic rings. The van der Waals surface area contributed by atoms with Crippen molar-refractivity contribution in [1.29, 1.82) is 0 Å². The molecule has 2 N–H and O–H groups in total. The van der Waals surface area contributed by atoms with Crippen LogP contribution in [0.5, 0.6) is 0 Å². The summed E-state index contributed by atoms with van der Waals surface area (Å²) in [5.74, 6) is 0.366. The number of halogens is 2. The number of hydrogen-bond donors (Lipinski definition) is 1. The molecule has 0 bridgehead atoms. The van der Waals surface area contributed by atoms with Gasteiger partial charge in [0.1, 0.15) is 0 Å². The summed E-state index contributed by atoms with van der Waals surface area (Å²) >= 11 is 12.9. The van der Waals surface area contributed by atoms with Crippen LogP contribution in [-0.2, 0) is 6.54 Å². The Balaban J connectivity index is 2.64. The second-order valence-corrected chi connectivity index (χ2v) is 4.22. The first kappa shape index (κ1) is 11.6. The summed E-state index contributed by atoms with van der Waals surface area (Å²) in [5, 5.41) is 4.37. The summed E-state index contributed by atoms with van der Waals surface area (Å²) in [6, 6.07) is -0.479. The number of hydrogen-bond acceptors (Lipinski definition) is 2. The standard InChI is InChI=1S/C8H10Cl2N2OS/c9-1-2-12(8(11)13)3-6-4-14-5-7(6)10/h4-5H,1-3H2,(H2,11,13). The molecule has 0 fully saturated rings. The van der Waals surface area contributed by atoms with Crippen molar-refractivity contribution in [3.05, 3.63) is 21.3 Å². The number of urea groups is 1. The molecule has 0 aliphatic carbocycles. The van der Waals surface area contributed by atoms with Gasteiger partial charge in [0, 0.05) is 29.9 Å². The summed E-state index contributed by atoms with van der Waals surface area (Å²) < 4.78 is 0. The molecule has 3 nitrogen and oxygen atoms in total. The van der Waals surface area contributed by atoms with Gasteiger partial charge in [-0.2, -0.15) is 11.3 Å². The van der Waals surface area contributed by atoms with E-state index in [1.54, 1.807) is 0 Å². The predicted octanol–water partition coefficient (Wildman–Crippen LogP) is 2.52. The lowest BCUT2D eigenvalue weighted by molar-refractivity contribution is 0.208. The van der Waals surface area contributed by atoms with E-state index in [4.69, 9.17) is 28.9 Å². The van der Waals surface area contributed by atoms with Crippen LogP contribution >= 0.6 is 34.5 Å². The van der Waals surface area contributed by atoms with Crippen molar-refractivity contribution in [3.8, 4) is 0 Å². The summed E-state index contributed by atoms with van der Waals surface area (Å²) in [4.78, 5) is 12.4. The molecule has 0 saturated carbocycles. The van der Waals surface area contributed by atoms with Gasteiger partial charge in [0.2, 0.25) is 0 Å². The normalized spacial score (nSPS) is 10.1. The number of amides is 2. The molecule has 0 radical (unpaired) electrons. The average Bonchev–Trinajstić information content (AvgIpc) is 2.51. The molecular formula is C8H10Cl2N2OS. The van der Waals surface area contributed by atoms with Gasteiger partial charge in [-0.3, -0.25) is 0 Å². The van der Waals surface area contributed by atoms with E-state index in [9.17, 15) is 4.79 Å². The Bertz CT molecular complexity index is 316. The molecule has 78 valence electrons. The largest absolute Gasteiger partial charge is 0.351 e. The lowest BCUT2D eigenvalue weighted by Gasteiger charge is -2.18. The van der Waals surface area contributed by atoms with Crippen LogP contribution in [0.25, 0.3) is 0 Å². The molecule has 1 heterocycles. The van der Waals surface area contributed by atoms with Gasteiger partial charge in [0.25, 0.3) is 0 Å². The first-order valence-electron chi connectivity index (χ1n) is 3.96. The second kappa shape index (κ2) is 5.44. The number of nitrogens with two attached hydrogens (primary N) is 1. The van der Waals surface area contributed by atoms with E-state index in [0.29, 0.717) is 24.0 Å². The van der Waals surface area contributed by atoms with Gasteiger partial charge in [-0.05, 0) is 5.38 Å². The summed E-state index contributed by atoms with van der Waals surface area (Å²) in [5.41, 5.74) is 6.08. The van der Waals surface area contributed by atoms with Gasteiger partial charge in [-0.25, -0.2) is 4.79 Å². The molecule has 14 heavy (non-hydrogen) atoms. The third-order valence-corrected chi connectivity index (χ3v) is 3.16. The number of rotatable bonds is 4. The molecule has 0 aromatic carbocycles. The molecule has 0 spiro atoms. The molecule has 0 saturated heterocycles.